The van der Waals surface area contributed by atoms with Crippen LogP contribution in [0.3, 0.4) is 0 Å². The lowest BCUT2D eigenvalue weighted by Crippen LogP contribution is -2.28. The second-order valence-corrected chi connectivity index (χ2v) is 5.04. The lowest BCUT2D eigenvalue weighted by Gasteiger charge is -2.13. The van der Waals surface area contributed by atoms with Gasteiger partial charge in [0.15, 0.2) is 0 Å². The summed E-state index contributed by atoms with van der Waals surface area (Å²) >= 11 is 5.92. The van der Waals surface area contributed by atoms with E-state index < -0.39 is 0 Å². The summed E-state index contributed by atoms with van der Waals surface area (Å²) in [5.41, 5.74) is 2.45. The van der Waals surface area contributed by atoms with Crippen molar-refractivity contribution >= 4 is 17.5 Å². The van der Waals surface area contributed by atoms with E-state index in [2.05, 4.69) is 15.3 Å². The highest BCUT2D eigenvalue weighted by molar-refractivity contribution is 6.31. The van der Waals surface area contributed by atoms with Crippen LogP contribution in [-0.2, 0) is 0 Å². The van der Waals surface area contributed by atoms with Crippen molar-refractivity contribution in [2.75, 3.05) is 0 Å². The number of hydrogen-bond acceptors (Lipinski definition) is 2. The zero-order valence-electron chi connectivity index (χ0n) is 11.1. The molecular weight excluding hydrogens is 262 g/mol. The first kappa shape index (κ1) is 13.6. The van der Waals surface area contributed by atoms with E-state index in [0.29, 0.717) is 10.6 Å². The zero-order chi connectivity index (χ0) is 14.0. The van der Waals surface area contributed by atoms with E-state index in [-0.39, 0.29) is 11.9 Å². The summed E-state index contributed by atoms with van der Waals surface area (Å²) in [6.45, 7) is 5.69. The van der Waals surface area contributed by atoms with Crippen LogP contribution in [0.2, 0.25) is 5.02 Å². The molecule has 0 aliphatic heterocycles. The van der Waals surface area contributed by atoms with Crippen LogP contribution in [0.25, 0.3) is 0 Å². The highest BCUT2D eigenvalue weighted by Crippen LogP contribution is 2.16. The van der Waals surface area contributed by atoms with Crippen LogP contribution in [-0.4, -0.2) is 15.9 Å². The van der Waals surface area contributed by atoms with Gasteiger partial charge in [-0.25, -0.2) is 4.98 Å². The number of aromatic amines is 1. The van der Waals surface area contributed by atoms with Crippen molar-refractivity contribution in [3.8, 4) is 0 Å². The molecule has 0 saturated heterocycles. The average molecular weight is 278 g/mol. The second kappa shape index (κ2) is 5.45. The number of aromatic nitrogens is 2. The molecule has 1 atom stereocenters. The zero-order valence-corrected chi connectivity index (χ0v) is 11.9. The molecule has 0 aliphatic rings. The number of nitrogens with one attached hydrogen (secondary N) is 2. The first-order valence-corrected chi connectivity index (χ1v) is 6.43. The summed E-state index contributed by atoms with van der Waals surface area (Å²) in [5, 5.41) is 3.46. The third-order valence-corrected chi connectivity index (χ3v) is 3.16. The first-order valence-electron chi connectivity index (χ1n) is 6.06. The van der Waals surface area contributed by atoms with E-state index in [0.717, 1.165) is 17.1 Å². The molecular formula is C14H16ClN3O. The number of halogens is 1. The largest absolute Gasteiger partial charge is 0.344 e. The van der Waals surface area contributed by atoms with E-state index in [9.17, 15) is 4.79 Å². The minimum atomic E-state index is -0.181. The van der Waals surface area contributed by atoms with Gasteiger partial charge in [0.25, 0.3) is 5.91 Å². The Morgan fingerprint density at radius 2 is 2.16 bits per heavy atom. The number of carbonyl (C=O) groups excluding carboxylic acids is 1. The van der Waals surface area contributed by atoms with Gasteiger partial charge in [0, 0.05) is 22.5 Å². The van der Waals surface area contributed by atoms with E-state index in [1.807, 2.05) is 26.8 Å². The molecule has 0 saturated carbocycles. The monoisotopic (exact) mass is 277 g/mol. The molecule has 0 unspecified atom stereocenters. The molecule has 2 rings (SSSR count). The predicted octanol–water partition coefficient (Wildman–Crippen LogP) is 3.17. The maximum Gasteiger partial charge on any atom is 0.252 e. The van der Waals surface area contributed by atoms with E-state index in [1.54, 1.807) is 18.3 Å². The molecule has 5 heteroatoms. The number of benzene rings is 1. The standard InChI is InChI=1S/C14H16ClN3O/c1-8-4-5-11(15)6-12(8)14(19)18-10(3)13-16-7-9(2)17-13/h4-7,10H,1-3H3,(H,16,17)(H,18,19)/t10-/m1/s1. The van der Waals surface area contributed by atoms with Gasteiger partial charge >= 0.3 is 0 Å². The summed E-state index contributed by atoms with van der Waals surface area (Å²) in [5.74, 6) is 0.590. The minimum Gasteiger partial charge on any atom is -0.344 e. The Bertz CT molecular complexity index is 606. The van der Waals surface area contributed by atoms with E-state index in [1.165, 1.54) is 0 Å². The van der Waals surface area contributed by atoms with Crippen LogP contribution in [0.5, 0.6) is 0 Å². The molecule has 100 valence electrons. The maximum atomic E-state index is 12.2. The quantitative estimate of drug-likeness (QED) is 0.905. The summed E-state index contributed by atoms with van der Waals surface area (Å²) in [6, 6.07) is 5.10. The van der Waals surface area contributed by atoms with Crippen LogP contribution in [0.15, 0.2) is 24.4 Å². The van der Waals surface area contributed by atoms with Gasteiger partial charge in [-0.05, 0) is 38.5 Å². The molecule has 1 heterocycles. The third kappa shape index (κ3) is 3.15. The maximum absolute atomic E-state index is 12.2. The van der Waals surface area contributed by atoms with Crippen molar-refractivity contribution in [3.63, 3.8) is 0 Å². The van der Waals surface area contributed by atoms with Crippen molar-refractivity contribution in [1.82, 2.24) is 15.3 Å². The average Bonchev–Trinajstić information content (AvgIpc) is 2.79. The first-order chi connectivity index (χ1) is 8.97. The van der Waals surface area contributed by atoms with E-state index in [4.69, 9.17) is 11.6 Å². The number of nitrogens with zero attached hydrogens (tertiary/aromatic N) is 1. The fourth-order valence-corrected chi connectivity index (χ4v) is 2.01. The normalized spacial score (nSPS) is 12.2. The van der Waals surface area contributed by atoms with Gasteiger partial charge < -0.3 is 10.3 Å². The van der Waals surface area contributed by atoms with Gasteiger partial charge in [0.2, 0.25) is 0 Å². The van der Waals surface area contributed by atoms with Crippen molar-refractivity contribution in [2.45, 2.75) is 26.8 Å². The molecule has 0 radical (unpaired) electrons. The molecule has 0 spiro atoms. The van der Waals surface area contributed by atoms with Crippen LogP contribution >= 0.6 is 11.6 Å². The van der Waals surface area contributed by atoms with Crippen molar-refractivity contribution < 1.29 is 4.79 Å². The third-order valence-electron chi connectivity index (χ3n) is 2.92. The minimum absolute atomic E-state index is 0.151. The molecule has 1 aromatic heterocycles. The highest BCUT2D eigenvalue weighted by atomic mass is 35.5. The Balaban J connectivity index is 2.15. The van der Waals surface area contributed by atoms with Gasteiger partial charge in [-0.1, -0.05) is 17.7 Å². The smallest absolute Gasteiger partial charge is 0.252 e. The van der Waals surface area contributed by atoms with E-state index >= 15 is 0 Å². The Labute approximate surface area is 117 Å². The van der Waals surface area contributed by atoms with Crippen molar-refractivity contribution in [1.29, 1.82) is 0 Å². The lowest BCUT2D eigenvalue weighted by atomic mass is 10.1. The highest BCUT2D eigenvalue weighted by Gasteiger charge is 2.15. The number of carbonyl (C=O) groups is 1. The molecule has 0 bridgehead atoms. The summed E-state index contributed by atoms with van der Waals surface area (Å²) in [4.78, 5) is 19.5. The van der Waals surface area contributed by atoms with Crippen LogP contribution in [0, 0.1) is 13.8 Å². The molecule has 19 heavy (non-hydrogen) atoms. The number of H-pyrrole nitrogens is 1. The van der Waals surface area contributed by atoms with Gasteiger partial charge in [-0.3, -0.25) is 4.79 Å². The fourth-order valence-electron chi connectivity index (χ4n) is 1.83. The Morgan fingerprint density at radius 3 is 2.79 bits per heavy atom. The predicted molar refractivity (Wildman–Crippen MR) is 75.4 cm³/mol. The Hall–Kier alpha value is -1.81. The lowest BCUT2D eigenvalue weighted by molar-refractivity contribution is 0.0938. The molecule has 0 aliphatic carbocycles. The molecule has 1 amide bonds. The second-order valence-electron chi connectivity index (χ2n) is 4.61. The van der Waals surface area contributed by atoms with Crippen molar-refractivity contribution in [3.05, 3.63) is 52.1 Å². The van der Waals surface area contributed by atoms with Crippen LogP contribution in [0.1, 0.15) is 40.4 Å². The van der Waals surface area contributed by atoms with Gasteiger partial charge in [-0.15, -0.1) is 0 Å². The number of amides is 1. The molecule has 2 aromatic rings. The molecule has 4 nitrogen and oxygen atoms in total. The SMILES string of the molecule is Cc1cnc([C@@H](C)NC(=O)c2cc(Cl)ccc2C)[nH]1. The Morgan fingerprint density at radius 1 is 1.42 bits per heavy atom. The van der Waals surface area contributed by atoms with Gasteiger partial charge in [0.05, 0.1) is 6.04 Å². The summed E-state index contributed by atoms with van der Waals surface area (Å²) in [7, 11) is 0. The summed E-state index contributed by atoms with van der Waals surface area (Å²) < 4.78 is 0. The van der Waals surface area contributed by atoms with Crippen molar-refractivity contribution in [2.24, 2.45) is 0 Å². The summed E-state index contributed by atoms with van der Waals surface area (Å²) in [6.07, 6.45) is 1.74. The molecule has 0 fully saturated rings. The Kier molecular flexibility index (Phi) is 3.90. The number of aryl methyl sites for hydroxylation is 2. The topological polar surface area (TPSA) is 57.8 Å². The van der Waals surface area contributed by atoms with Gasteiger partial charge in [-0.2, -0.15) is 0 Å². The molecule has 1 aromatic carbocycles. The number of rotatable bonds is 3. The number of hydrogen-bond donors (Lipinski definition) is 2. The van der Waals surface area contributed by atoms with Crippen LogP contribution in [0.4, 0.5) is 0 Å². The fraction of sp³-hybridized carbons (Fsp3) is 0.286. The molecule has 2 N–H and O–H groups in total. The van der Waals surface area contributed by atoms with Crippen LogP contribution < -0.4 is 5.32 Å². The van der Waals surface area contributed by atoms with Gasteiger partial charge in [0.1, 0.15) is 5.82 Å². The number of imidazole rings is 1.